The number of nitro benzene ring substituents is 1. The molecule has 1 fully saturated rings. The van der Waals surface area contributed by atoms with Crippen LogP contribution in [0.5, 0.6) is 0 Å². The first-order chi connectivity index (χ1) is 14.0. The summed E-state index contributed by atoms with van der Waals surface area (Å²) in [6, 6.07) is 12.4. The van der Waals surface area contributed by atoms with Crippen LogP contribution >= 0.6 is 0 Å². The Morgan fingerprint density at radius 3 is 2.48 bits per heavy atom. The maximum atomic E-state index is 12.8. The van der Waals surface area contributed by atoms with Crippen molar-refractivity contribution in [3.63, 3.8) is 0 Å². The molecular weight excluding hydrogens is 372 g/mol. The molecule has 1 atom stereocenters. The van der Waals surface area contributed by atoms with Crippen molar-refractivity contribution in [1.29, 1.82) is 0 Å². The number of nitrogens with zero attached hydrogens (tertiary/aromatic N) is 3. The smallest absolute Gasteiger partial charge is 0.282 e. The van der Waals surface area contributed by atoms with E-state index in [9.17, 15) is 19.7 Å². The van der Waals surface area contributed by atoms with E-state index in [1.807, 2.05) is 19.2 Å². The van der Waals surface area contributed by atoms with Crippen molar-refractivity contribution in [3.8, 4) is 0 Å². The van der Waals surface area contributed by atoms with Crippen LogP contribution in [0.3, 0.4) is 0 Å². The van der Waals surface area contributed by atoms with Crippen molar-refractivity contribution in [2.45, 2.75) is 19.4 Å². The molecule has 0 saturated carbocycles. The summed E-state index contributed by atoms with van der Waals surface area (Å²) < 4.78 is 0. The third-order valence-electron chi connectivity index (χ3n) is 5.53. The van der Waals surface area contributed by atoms with Gasteiger partial charge in [0.05, 0.1) is 17.5 Å². The molecule has 2 aromatic rings. The molecule has 150 valence electrons. The summed E-state index contributed by atoms with van der Waals surface area (Å²) in [4.78, 5) is 40.6. The molecule has 29 heavy (non-hydrogen) atoms. The van der Waals surface area contributed by atoms with Gasteiger partial charge in [0.1, 0.15) is 12.1 Å². The van der Waals surface area contributed by atoms with Gasteiger partial charge < -0.3 is 9.80 Å². The molecule has 8 nitrogen and oxygen atoms in total. The van der Waals surface area contributed by atoms with Gasteiger partial charge in [0.2, 0.25) is 0 Å². The lowest BCUT2D eigenvalue weighted by atomic mass is 10.1. The van der Waals surface area contributed by atoms with E-state index in [1.165, 1.54) is 36.7 Å². The van der Waals surface area contributed by atoms with Crippen molar-refractivity contribution in [1.82, 2.24) is 4.90 Å². The highest BCUT2D eigenvalue weighted by atomic mass is 16.6. The number of nitro groups is 1. The van der Waals surface area contributed by atoms with Gasteiger partial charge in [-0.3, -0.25) is 19.7 Å². The van der Waals surface area contributed by atoms with Crippen LogP contribution < -0.4 is 9.80 Å². The monoisotopic (exact) mass is 395 g/mol. The first kappa shape index (κ1) is 19.1. The molecule has 0 spiro atoms. The standard InChI is InChI=1S/C21H22N4O4/c1-22(13-15-7-2-3-9-17(15)23-11-4-5-12-23)14-24-20(26)16-8-6-10-18(25(28)29)19(16)21(24)27/h2-3,6-10H,4-5,11-14H2,1H3/p+1. The fraction of sp³-hybridized carbons (Fsp3) is 0.333. The van der Waals surface area contributed by atoms with E-state index >= 15 is 0 Å². The van der Waals surface area contributed by atoms with Crippen LogP contribution in [-0.4, -0.2) is 48.4 Å². The third kappa shape index (κ3) is 3.47. The fourth-order valence-electron chi connectivity index (χ4n) is 4.19. The first-order valence-electron chi connectivity index (χ1n) is 9.75. The van der Waals surface area contributed by atoms with Gasteiger partial charge in [-0.25, -0.2) is 4.90 Å². The van der Waals surface area contributed by atoms with Crippen LogP contribution in [0.15, 0.2) is 42.5 Å². The topological polar surface area (TPSA) is 88.2 Å². The van der Waals surface area contributed by atoms with Gasteiger partial charge in [-0.05, 0) is 25.0 Å². The van der Waals surface area contributed by atoms with Crippen molar-refractivity contribution in [3.05, 3.63) is 69.3 Å². The summed E-state index contributed by atoms with van der Waals surface area (Å²) in [5.41, 5.74) is 2.04. The highest BCUT2D eigenvalue weighted by Crippen LogP contribution is 2.30. The molecule has 8 heteroatoms. The van der Waals surface area contributed by atoms with E-state index in [2.05, 4.69) is 17.0 Å². The molecule has 4 rings (SSSR count). The Kier molecular flexibility index (Phi) is 5.02. The van der Waals surface area contributed by atoms with Gasteiger partial charge in [-0.15, -0.1) is 0 Å². The second-order valence-electron chi connectivity index (χ2n) is 7.61. The number of carbonyl (C=O) groups is 2. The minimum absolute atomic E-state index is 0.104. The SMILES string of the molecule is C[NH+](Cc1ccccc1N1CCCC1)CN1C(=O)c2cccc([N+](=O)[O-])c2C1=O. The number of carbonyl (C=O) groups excluding carboxylic acids is 2. The number of rotatable bonds is 6. The molecule has 2 amide bonds. The molecule has 0 aromatic heterocycles. The lowest BCUT2D eigenvalue weighted by molar-refractivity contribution is -0.901. The van der Waals surface area contributed by atoms with E-state index in [0.717, 1.165) is 28.5 Å². The molecule has 2 aromatic carbocycles. The van der Waals surface area contributed by atoms with Gasteiger partial charge in [0.15, 0.2) is 6.67 Å². The van der Waals surface area contributed by atoms with E-state index in [1.54, 1.807) is 0 Å². The quantitative estimate of drug-likeness (QED) is 0.455. The molecule has 2 heterocycles. The zero-order valence-electron chi connectivity index (χ0n) is 16.3. The number of para-hydroxylation sites is 1. The maximum Gasteiger partial charge on any atom is 0.282 e. The molecule has 2 aliphatic rings. The van der Waals surface area contributed by atoms with Crippen LogP contribution in [0.1, 0.15) is 39.1 Å². The molecule has 1 saturated heterocycles. The van der Waals surface area contributed by atoms with E-state index in [-0.39, 0.29) is 23.5 Å². The number of hydrogen-bond donors (Lipinski definition) is 1. The molecule has 2 aliphatic heterocycles. The third-order valence-corrected chi connectivity index (χ3v) is 5.53. The van der Waals surface area contributed by atoms with Crippen molar-refractivity contribution < 1.29 is 19.4 Å². The van der Waals surface area contributed by atoms with Gasteiger partial charge >= 0.3 is 0 Å². The predicted molar refractivity (Wildman–Crippen MR) is 107 cm³/mol. The van der Waals surface area contributed by atoms with Crippen molar-refractivity contribution in [2.75, 3.05) is 31.7 Å². The number of anilines is 1. The zero-order valence-corrected chi connectivity index (χ0v) is 16.3. The van der Waals surface area contributed by atoms with Crippen molar-refractivity contribution in [2.24, 2.45) is 0 Å². The molecule has 0 bridgehead atoms. The number of quaternary nitrogens is 1. The van der Waals surface area contributed by atoms with Crippen LogP contribution in [-0.2, 0) is 6.54 Å². The van der Waals surface area contributed by atoms with Gasteiger partial charge in [-0.2, -0.15) is 0 Å². The summed E-state index contributed by atoms with van der Waals surface area (Å²) in [6.07, 6.45) is 2.37. The summed E-state index contributed by atoms with van der Waals surface area (Å²) in [6.45, 7) is 2.87. The Morgan fingerprint density at radius 1 is 1.03 bits per heavy atom. The number of amides is 2. The second kappa shape index (κ2) is 7.63. The first-order valence-corrected chi connectivity index (χ1v) is 9.75. The highest BCUT2D eigenvalue weighted by Gasteiger charge is 2.42. The number of fused-ring (bicyclic) bond motifs is 1. The average Bonchev–Trinajstić information content (AvgIpc) is 3.32. The number of benzene rings is 2. The van der Waals surface area contributed by atoms with Gasteiger partial charge in [0.25, 0.3) is 17.5 Å². The molecule has 0 aliphatic carbocycles. The van der Waals surface area contributed by atoms with Crippen LogP contribution in [0.25, 0.3) is 0 Å². The molecular formula is C21H23N4O4+. The lowest BCUT2D eigenvalue weighted by Gasteiger charge is -2.24. The van der Waals surface area contributed by atoms with E-state index in [0.29, 0.717) is 6.54 Å². The summed E-state index contributed by atoms with van der Waals surface area (Å²) >= 11 is 0. The molecule has 1 N–H and O–H groups in total. The Balaban J connectivity index is 1.52. The predicted octanol–water partition coefficient (Wildman–Crippen LogP) is 1.46. The Bertz CT molecular complexity index is 984. The average molecular weight is 395 g/mol. The highest BCUT2D eigenvalue weighted by molar-refractivity contribution is 6.23. The summed E-state index contributed by atoms with van der Waals surface area (Å²) in [5, 5.41) is 11.3. The van der Waals surface area contributed by atoms with E-state index < -0.39 is 16.7 Å². The zero-order chi connectivity index (χ0) is 20.5. The maximum absolute atomic E-state index is 12.8. The Morgan fingerprint density at radius 2 is 1.76 bits per heavy atom. The lowest BCUT2D eigenvalue weighted by Crippen LogP contribution is -3.09. The van der Waals surface area contributed by atoms with Crippen molar-refractivity contribution >= 4 is 23.2 Å². The second-order valence-corrected chi connectivity index (χ2v) is 7.61. The Labute approximate surface area is 168 Å². The van der Waals surface area contributed by atoms with Crippen LogP contribution in [0.4, 0.5) is 11.4 Å². The number of nitrogens with one attached hydrogen (secondary N) is 1. The normalized spacial score (nSPS) is 17.0. The number of imide groups is 1. The van der Waals surface area contributed by atoms with Crippen LogP contribution in [0.2, 0.25) is 0 Å². The Hall–Kier alpha value is -3.26. The minimum Gasteiger partial charge on any atom is -0.371 e. The van der Waals surface area contributed by atoms with Crippen LogP contribution in [0, 0.1) is 10.1 Å². The largest absolute Gasteiger partial charge is 0.371 e. The van der Waals surface area contributed by atoms with E-state index in [4.69, 9.17) is 0 Å². The minimum atomic E-state index is -0.615. The van der Waals surface area contributed by atoms with Gasteiger partial charge in [0, 0.05) is 30.4 Å². The summed E-state index contributed by atoms with van der Waals surface area (Å²) in [7, 11) is 1.92. The number of hydrogen-bond acceptors (Lipinski definition) is 5. The molecule has 1 unspecified atom stereocenters. The van der Waals surface area contributed by atoms with Gasteiger partial charge in [-0.1, -0.05) is 24.3 Å². The summed E-state index contributed by atoms with van der Waals surface area (Å²) in [5.74, 6) is -1.06. The fourth-order valence-corrected chi connectivity index (χ4v) is 4.19. The molecule has 0 radical (unpaired) electrons.